The zero-order valence-corrected chi connectivity index (χ0v) is 18.2. The van der Waals surface area contributed by atoms with Gasteiger partial charge >= 0.3 is 0 Å². The quantitative estimate of drug-likeness (QED) is 0.635. The van der Waals surface area contributed by atoms with E-state index in [0.717, 1.165) is 28.9 Å². The number of pyridine rings is 1. The maximum absolute atomic E-state index is 12.9. The molecule has 2 aromatic heterocycles. The molecular formula is C20H27Cl2N5O. The fourth-order valence-electron chi connectivity index (χ4n) is 3.14. The van der Waals surface area contributed by atoms with Crippen LogP contribution in [0.1, 0.15) is 29.9 Å². The lowest BCUT2D eigenvalue weighted by atomic mass is 10.0. The third-order valence-corrected chi connectivity index (χ3v) is 4.40. The smallest absolute Gasteiger partial charge is 0.252 e. The van der Waals surface area contributed by atoms with Crippen molar-refractivity contribution in [2.24, 2.45) is 7.05 Å². The number of rotatable bonds is 6. The van der Waals surface area contributed by atoms with Crippen LogP contribution < -0.4 is 10.6 Å². The first-order chi connectivity index (χ1) is 12.5. The number of aryl methyl sites for hydroxylation is 2. The molecule has 0 bridgehead atoms. The fraction of sp³-hybridized carbons (Fsp3) is 0.350. The van der Waals surface area contributed by atoms with Gasteiger partial charge in [-0.1, -0.05) is 37.3 Å². The van der Waals surface area contributed by atoms with Crippen LogP contribution in [0.5, 0.6) is 0 Å². The summed E-state index contributed by atoms with van der Waals surface area (Å²) < 4.78 is 1.73. The first-order valence-electron chi connectivity index (χ1n) is 8.92. The summed E-state index contributed by atoms with van der Waals surface area (Å²) in [6.07, 6.45) is 0. The number of benzene rings is 1. The number of halogens is 2. The number of hydrogen-bond acceptors (Lipinski definition) is 4. The average Bonchev–Trinajstić information content (AvgIpc) is 2.94. The normalized spacial score (nSPS) is 11.4. The van der Waals surface area contributed by atoms with Crippen LogP contribution in [0.2, 0.25) is 0 Å². The van der Waals surface area contributed by atoms with E-state index in [2.05, 4.69) is 29.6 Å². The van der Waals surface area contributed by atoms with Crippen molar-refractivity contribution >= 4 is 41.8 Å². The number of aromatic nitrogens is 3. The van der Waals surface area contributed by atoms with E-state index in [0.29, 0.717) is 17.8 Å². The van der Waals surface area contributed by atoms with E-state index in [1.54, 1.807) is 4.68 Å². The van der Waals surface area contributed by atoms with Crippen molar-refractivity contribution in [2.45, 2.75) is 26.8 Å². The standard InChI is InChI=1S/C20H25N5O.2ClH/c1-5-21-13(2)12-22-20(26)16-11-17(15-9-7-6-8-10-15)23-19-18(16)14(3)24-25(19)4;;/h6-11,13,21H,5,12H2,1-4H3,(H,22,26);2*1H/t13-;;/m1../s1. The van der Waals surface area contributed by atoms with Gasteiger partial charge in [-0.2, -0.15) is 5.10 Å². The number of nitrogens with one attached hydrogen (secondary N) is 2. The van der Waals surface area contributed by atoms with Gasteiger partial charge < -0.3 is 10.6 Å². The predicted octanol–water partition coefficient (Wildman–Crippen LogP) is 3.52. The molecule has 3 rings (SSSR count). The second-order valence-corrected chi connectivity index (χ2v) is 6.50. The summed E-state index contributed by atoms with van der Waals surface area (Å²) in [5, 5.41) is 11.6. The Labute approximate surface area is 177 Å². The number of nitrogens with zero attached hydrogens (tertiary/aromatic N) is 3. The van der Waals surface area contributed by atoms with Gasteiger partial charge in [0.15, 0.2) is 5.65 Å². The maximum atomic E-state index is 12.9. The molecule has 0 radical (unpaired) electrons. The number of fused-ring (bicyclic) bond motifs is 1. The van der Waals surface area contributed by atoms with E-state index < -0.39 is 0 Å². The molecule has 1 amide bonds. The van der Waals surface area contributed by atoms with E-state index in [-0.39, 0.29) is 36.8 Å². The minimum atomic E-state index is -0.101. The lowest BCUT2D eigenvalue weighted by Gasteiger charge is -2.14. The highest BCUT2D eigenvalue weighted by Gasteiger charge is 2.19. The molecule has 1 aromatic carbocycles. The fourth-order valence-corrected chi connectivity index (χ4v) is 3.14. The molecule has 0 saturated heterocycles. The molecule has 0 fully saturated rings. The third kappa shape index (κ3) is 5.01. The second kappa shape index (κ2) is 10.4. The van der Waals surface area contributed by atoms with Crippen molar-refractivity contribution < 1.29 is 4.79 Å². The SMILES string of the molecule is CCN[C@H](C)CNC(=O)c1cc(-c2ccccc2)nc2c1c(C)nn2C.Cl.Cl. The molecule has 1 atom stereocenters. The Hall–Kier alpha value is -2.15. The van der Waals surface area contributed by atoms with Crippen molar-refractivity contribution in [1.29, 1.82) is 0 Å². The summed E-state index contributed by atoms with van der Waals surface area (Å²) in [6.45, 7) is 7.45. The van der Waals surface area contributed by atoms with Crippen molar-refractivity contribution in [1.82, 2.24) is 25.4 Å². The molecule has 3 aromatic rings. The molecule has 0 spiro atoms. The molecule has 28 heavy (non-hydrogen) atoms. The zero-order valence-electron chi connectivity index (χ0n) is 16.5. The van der Waals surface area contributed by atoms with E-state index in [1.165, 1.54) is 0 Å². The van der Waals surface area contributed by atoms with Gasteiger partial charge in [0, 0.05) is 25.2 Å². The average molecular weight is 424 g/mol. The van der Waals surface area contributed by atoms with Crippen LogP contribution in [0.4, 0.5) is 0 Å². The van der Waals surface area contributed by atoms with E-state index >= 15 is 0 Å². The highest BCUT2D eigenvalue weighted by atomic mass is 35.5. The van der Waals surface area contributed by atoms with Gasteiger partial charge in [-0.05, 0) is 26.5 Å². The lowest BCUT2D eigenvalue weighted by Crippen LogP contribution is -2.38. The Morgan fingerprint density at radius 1 is 1.21 bits per heavy atom. The summed E-state index contributed by atoms with van der Waals surface area (Å²) in [5.41, 5.74) is 3.88. The van der Waals surface area contributed by atoms with Gasteiger partial charge in [0.05, 0.1) is 22.3 Å². The van der Waals surface area contributed by atoms with Gasteiger partial charge in [0.2, 0.25) is 0 Å². The predicted molar refractivity (Wildman–Crippen MR) is 119 cm³/mol. The molecule has 2 heterocycles. The molecule has 152 valence electrons. The topological polar surface area (TPSA) is 71.8 Å². The highest BCUT2D eigenvalue weighted by molar-refractivity contribution is 6.07. The number of amides is 1. The summed E-state index contributed by atoms with van der Waals surface area (Å²) in [6, 6.07) is 12.0. The van der Waals surface area contributed by atoms with Crippen molar-refractivity contribution in [3.05, 3.63) is 47.7 Å². The first-order valence-corrected chi connectivity index (χ1v) is 8.92. The van der Waals surface area contributed by atoms with Crippen LogP contribution in [0, 0.1) is 6.92 Å². The highest BCUT2D eigenvalue weighted by Crippen LogP contribution is 2.26. The summed E-state index contributed by atoms with van der Waals surface area (Å²) in [5.74, 6) is -0.101. The molecular weight excluding hydrogens is 397 g/mol. The van der Waals surface area contributed by atoms with Crippen LogP contribution in [-0.2, 0) is 7.05 Å². The van der Waals surface area contributed by atoms with Crippen LogP contribution in [-0.4, -0.2) is 39.8 Å². The van der Waals surface area contributed by atoms with Crippen LogP contribution in [0.3, 0.4) is 0 Å². The Bertz CT molecular complexity index is 927. The third-order valence-electron chi connectivity index (χ3n) is 4.40. The molecule has 0 aliphatic heterocycles. The van der Waals surface area contributed by atoms with Crippen molar-refractivity contribution in [2.75, 3.05) is 13.1 Å². The minimum Gasteiger partial charge on any atom is -0.350 e. The Morgan fingerprint density at radius 2 is 1.89 bits per heavy atom. The number of hydrogen-bond donors (Lipinski definition) is 2. The van der Waals surface area contributed by atoms with Gasteiger partial charge in [-0.3, -0.25) is 9.48 Å². The monoisotopic (exact) mass is 423 g/mol. The van der Waals surface area contributed by atoms with E-state index in [9.17, 15) is 4.79 Å². The maximum Gasteiger partial charge on any atom is 0.252 e. The summed E-state index contributed by atoms with van der Waals surface area (Å²) in [7, 11) is 1.85. The molecule has 0 unspecified atom stereocenters. The van der Waals surface area contributed by atoms with Crippen molar-refractivity contribution in [3.8, 4) is 11.3 Å². The number of carbonyl (C=O) groups is 1. The van der Waals surface area contributed by atoms with Crippen LogP contribution in [0.25, 0.3) is 22.3 Å². The van der Waals surface area contributed by atoms with Gasteiger partial charge in [-0.15, -0.1) is 24.8 Å². The van der Waals surface area contributed by atoms with Gasteiger partial charge in [0.1, 0.15) is 0 Å². The lowest BCUT2D eigenvalue weighted by molar-refractivity contribution is 0.0952. The Kier molecular flexibility index (Phi) is 8.88. The second-order valence-electron chi connectivity index (χ2n) is 6.50. The zero-order chi connectivity index (χ0) is 18.7. The first kappa shape index (κ1) is 23.9. The molecule has 0 saturated carbocycles. The Balaban J connectivity index is 0.00000196. The molecule has 0 aliphatic carbocycles. The van der Waals surface area contributed by atoms with E-state index in [1.807, 2.05) is 50.4 Å². The molecule has 8 heteroatoms. The summed E-state index contributed by atoms with van der Waals surface area (Å²) in [4.78, 5) is 17.7. The van der Waals surface area contributed by atoms with Crippen molar-refractivity contribution in [3.63, 3.8) is 0 Å². The molecule has 0 aliphatic rings. The Morgan fingerprint density at radius 3 is 2.54 bits per heavy atom. The van der Waals surface area contributed by atoms with Crippen LogP contribution in [0.15, 0.2) is 36.4 Å². The molecule has 2 N–H and O–H groups in total. The number of likely N-dealkylation sites (N-methyl/N-ethyl adjacent to an activating group) is 1. The largest absolute Gasteiger partial charge is 0.350 e. The van der Waals surface area contributed by atoms with Gasteiger partial charge in [0.25, 0.3) is 5.91 Å². The minimum absolute atomic E-state index is 0. The number of carbonyl (C=O) groups excluding carboxylic acids is 1. The van der Waals surface area contributed by atoms with Crippen LogP contribution >= 0.6 is 24.8 Å². The summed E-state index contributed by atoms with van der Waals surface area (Å²) >= 11 is 0. The van der Waals surface area contributed by atoms with E-state index in [4.69, 9.17) is 4.98 Å². The van der Waals surface area contributed by atoms with Gasteiger partial charge in [-0.25, -0.2) is 4.98 Å². The molecule has 6 nitrogen and oxygen atoms in total.